The normalized spacial score (nSPS) is 20.2. The van der Waals surface area contributed by atoms with E-state index < -0.39 is 23.7 Å². The summed E-state index contributed by atoms with van der Waals surface area (Å²) in [5.41, 5.74) is -0.676. The summed E-state index contributed by atoms with van der Waals surface area (Å²) in [6.45, 7) is 2.61. The maximum atomic E-state index is 12.4. The number of nitrogens with one attached hydrogen (secondary N) is 1. The Morgan fingerprint density at radius 2 is 1.86 bits per heavy atom. The first kappa shape index (κ1) is 17.8. The summed E-state index contributed by atoms with van der Waals surface area (Å²) in [6.07, 6.45) is -4.36. The summed E-state index contributed by atoms with van der Waals surface area (Å²) in [5, 5.41) is 17.9. The minimum atomic E-state index is -4.32. The van der Waals surface area contributed by atoms with Gasteiger partial charge in [0, 0.05) is 12.6 Å². The van der Waals surface area contributed by atoms with Gasteiger partial charge in [0.15, 0.2) is 0 Å². The Balaban J connectivity index is 0.000000346. The molecule has 0 radical (unpaired) electrons. The van der Waals surface area contributed by atoms with Crippen LogP contribution in [0.5, 0.6) is 5.75 Å². The zero-order valence-electron chi connectivity index (χ0n) is 11.4. The summed E-state index contributed by atoms with van der Waals surface area (Å²) in [4.78, 5) is 18.2. The Kier molecular flexibility index (Phi) is 5.75. The predicted octanol–water partition coefficient (Wildman–Crippen LogP) is 1.60. The summed E-state index contributed by atoms with van der Waals surface area (Å²) >= 11 is 0. The van der Waals surface area contributed by atoms with Crippen molar-refractivity contribution in [2.75, 3.05) is 6.54 Å². The first-order chi connectivity index (χ1) is 10.1. The van der Waals surface area contributed by atoms with Crippen LogP contribution in [0.15, 0.2) is 24.3 Å². The fourth-order valence-corrected chi connectivity index (χ4v) is 1.51. The number of alkyl halides is 3. The van der Waals surface area contributed by atoms with Gasteiger partial charge in [0.05, 0.1) is 5.56 Å². The van der Waals surface area contributed by atoms with Crippen LogP contribution in [-0.2, 0) is 15.8 Å². The molecule has 0 bridgehead atoms. The molecule has 9 heteroatoms. The molecule has 2 atom stereocenters. The summed E-state index contributed by atoms with van der Waals surface area (Å²) in [6, 6.07) is 5.16. The van der Waals surface area contributed by atoms with E-state index in [-0.39, 0.29) is 17.9 Å². The predicted molar refractivity (Wildman–Crippen MR) is 68.6 cm³/mol. The van der Waals surface area contributed by atoms with Crippen molar-refractivity contribution in [1.29, 1.82) is 0 Å². The number of hydrogen-bond acceptors (Lipinski definition) is 4. The Morgan fingerprint density at radius 3 is 2.23 bits per heavy atom. The number of carboxylic acids is 2. The molecular formula is C13H14F3NO5. The van der Waals surface area contributed by atoms with Crippen molar-refractivity contribution < 1.29 is 37.7 Å². The molecule has 1 aliphatic heterocycles. The second-order valence-corrected chi connectivity index (χ2v) is 4.49. The first-order valence-electron chi connectivity index (χ1n) is 6.14. The summed E-state index contributed by atoms with van der Waals surface area (Å²) < 4.78 is 42.7. The highest BCUT2D eigenvalue weighted by Crippen LogP contribution is 2.31. The molecule has 1 aromatic rings. The molecule has 1 fully saturated rings. The van der Waals surface area contributed by atoms with Gasteiger partial charge in [-0.3, -0.25) is 0 Å². The smallest absolute Gasteiger partial charge is 0.416 e. The van der Waals surface area contributed by atoms with Gasteiger partial charge in [-0.1, -0.05) is 6.07 Å². The van der Waals surface area contributed by atoms with Crippen LogP contribution < -0.4 is 10.1 Å². The maximum absolute atomic E-state index is 12.4. The van der Waals surface area contributed by atoms with E-state index in [4.69, 9.17) is 24.5 Å². The largest absolute Gasteiger partial charge is 0.487 e. The Bertz CT molecular complexity index is 535. The van der Waals surface area contributed by atoms with Crippen molar-refractivity contribution in [3.8, 4) is 5.75 Å². The quantitative estimate of drug-likeness (QED) is 0.716. The fourth-order valence-electron chi connectivity index (χ4n) is 1.51. The van der Waals surface area contributed by atoms with Crippen molar-refractivity contribution >= 4 is 11.9 Å². The monoisotopic (exact) mass is 321 g/mol. The van der Waals surface area contributed by atoms with Gasteiger partial charge < -0.3 is 20.3 Å². The molecule has 1 aliphatic rings. The van der Waals surface area contributed by atoms with E-state index >= 15 is 0 Å². The van der Waals surface area contributed by atoms with E-state index in [1.54, 1.807) is 6.07 Å². The topological polar surface area (TPSA) is 95.9 Å². The van der Waals surface area contributed by atoms with E-state index in [2.05, 4.69) is 5.32 Å². The van der Waals surface area contributed by atoms with Crippen LogP contribution in [0.4, 0.5) is 13.2 Å². The van der Waals surface area contributed by atoms with Gasteiger partial charge in [-0.05, 0) is 25.1 Å². The number of ether oxygens (including phenoxy) is 1. The molecule has 0 amide bonds. The maximum Gasteiger partial charge on any atom is 0.416 e. The molecule has 0 spiro atoms. The minimum absolute atomic E-state index is 0.0384. The molecule has 6 nitrogen and oxygen atoms in total. The van der Waals surface area contributed by atoms with E-state index in [9.17, 15) is 13.2 Å². The van der Waals surface area contributed by atoms with Gasteiger partial charge in [0.25, 0.3) is 0 Å². The lowest BCUT2D eigenvalue weighted by Gasteiger charge is -2.35. The third kappa shape index (κ3) is 5.24. The van der Waals surface area contributed by atoms with Gasteiger partial charge in [0.1, 0.15) is 11.9 Å². The van der Waals surface area contributed by atoms with E-state index in [0.717, 1.165) is 12.1 Å². The standard InChI is InChI=1S/C11H12F3NO.C2H2O4/c1-7-10(6-15-7)16-9-4-2-3-8(5-9)11(12,13)14;3-1(4)2(5)6/h2-5,7,10,15H,6H2,1H3;(H,3,4)(H,5,6). The summed E-state index contributed by atoms with van der Waals surface area (Å²) in [5.74, 6) is -3.38. The SMILES string of the molecule is CC1NCC1Oc1cccc(C(F)(F)F)c1.O=C(O)C(=O)O. The highest BCUT2D eigenvalue weighted by atomic mass is 19.4. The molecule has 0 saturated carbocycles. The number of benzene rings is 1. The molecule has 2 rings (SSSR count). The molecule has 1 saturated heterocycles. The fraction of sp³-hybridized carbons (Fsp3) is 0.385. The number of rotatable bonds is 2. The van der Waals surface area contributed by atoms with Crippen LogP contribution in [0, 0.1) is 0 Å². The molecule has 0 aromatic heterocycles. The van der Waals surface area contributed by atoms with Crippen molar-refractivity contribution in [2.45, 2.75) is 25.2 Å². The van der Waals surface area contributed by atoms with Crippen LogP contribution in [0.1, 0.15) is 12.5 Å². The number of carboxylic acid groups (broad SMARTS) is 2. The zero-order valence-corrected chi connectivity index (χ0v) is 11.4. The minimum Gasteiger partial charge on any atom is -0.487 e. The Morgan fingerprint density at radius 1 is 1.27 bits per heavy atom. The van der Waals surface area contributed by atoms with Crippen LogP contribution in [0.2, 0.25) is 0 Å². The summed E-state index contributed by atoms with van der Waals surface area (Å²) in [7, 11) is 0. The highest BCUT2D eigenvalue weighted by molar-refractivity contribution is 6.27. The van der Waals surface area contributed by atoms with E-state index in [0.29, 0.717) is 6.54 Å². The Hall–Kier alpha value is -2.29. The van der Waals surface area contributed by atoms with Crippen molar-refractivity contribution in [3.63, 3.8) is 0 Å². The van der Waals surface area contributed by atoms with E-state index in [1.807, 2.05) is 6.92 Å². The number of hydrogen-bond donors (Lipinski definition) is 3. The lowest BCUT2D eigenvalue weighted by molar-refractivity contribution is -0.159. The average molecular weight is 321 g/mol. The first-order valence-corrected chi connectivity index (χ1v) is 6.14. The average Bonchev–Trinajstić information content (AvgIpc) is 2.43. The van der Waals surface area contributed by atoms with Gasteiger partial charge >= 0.3 is 18.1 Å². The highest BCUT2D eigenvalue weighted by Gasteiger charge is 2.32. The number of halogens is 3. The second-order valence-electron chi connectivity index (χ2n) is 4.49. The van der Waals surface area contributed by atoms with Gasteiger partial charge in [-0.25, -0.2) is 9.59 Å². The van der Waals surface area contributed by atoms with Crippen molar-refractivity contribution in [1.82, 2.24) is 5.32 Å². The number of carbonyl (C=O) groups is 2. The molecule has 1 aromatic carbocycles. The molecule has 0 aliphatic carbocycles. The molecule has 22 heavy (non-hydrogen) atoms. The van der Waals surface area contributed by atoms with Crippen LogP contribution in [0.25, 0.3) is 0 Å². The lowest BCUT2D eigenvalue weighted by Crippen LogP contribution is -2.58. The lowest BCUT2D eigenvalue weighted by atomic mass is 10.1. The van der Waals surface area contributed by atoms with Gasteiger partial charge in [-0.2, -0.15) is 13.2 Å². The molecule has 1 heterocycles. The Labute approximate surface area is 123 Å². The third-order valence-electron chi connectivity index (χ3n) is 2.83. The van der Waals surface area contributed by atoms with Crippen molar-refractivity contribution in [2.24, 2.45) is 0 Å². The van der Waals surface area contributed by atoms with Crippen LogP contribution in [0.3, 0.4) is 0 Å². The zero-order chi connectivity index (χ0) is 16.9. The van der Waals surface area contributed by atoms with Gasteiger partial charge in [-0.15, -0.1) is 0 Å². The molecule has 3 N–H and O–H groups in total. The number of aliphatic carboxylic acids is 2. The molecule has 122 valence electrons. The van der Waals surface area contributed by atoms with Crippen molar-refractivity contribution in [3.05, 3.63) is 29.8 Å². The van der Waals surface area contributed by atoms with E-state index in [1.165, 1.54) is 6.07 Å². The van der Waals surface area contributed by atoms with Crippen LogP contribution in [-0.4, -0.2) is 40.8 Å². The van der Waals surface area contributed by atoms with Crippen LogP contribution >= 0.6 is 0 Å². The molecular weight excluding hydrogens is 307 g/mol. The molecule has 2 unspecified atom stereocenters. The third-order valence-corrected chi connectivity index (χ3v) is 2.83. The van der Waals surface area contributed by atoms with Gasteiger partial charge in [0.2, 0.25) is 0 Å². The second kappa shape index (κ2) is 7.12.